The number of ether oxygens (including phenoxy) is 2. The second-order valence-corrected chi connectivity index (χ2v) is 3.35. The van der Waals surface area contributed by atoms with E-state index in [1.54, 1.807) is 13.0 Å². The number of hydrogen-bond acceptors (Lipinski definition) is 3. The maximum Gasteiger partial charge on any atom is 0.231 e. The molecule has 0 saturated heterocycles. The van der Waals surface area contributed by atoms with E-state index in [-0.39, 0.29) is 19.0 Å². The van der Waals surface area contributed by atoms with Crippen molar-refractivity contribution < 1.29 is 19.0 Å². The molecule has 2 rings (SSSR count). The summed E-state index contributed by atoms with van der Waals surface area (Å²) in [4.78, 5) is 0. The lowest BCUT2D eigenvalue weighted by molar-refractivity contribution is 0.173. The molecule has 1 aromatic carbocycles. The SMILES string of the molecule is CC(O)Cc1cc2c(cc1F)OCO2. The largest absolute Gasteiger partial charge is 0.454 e. The Kier molecular flexibility index (Phi) is 2.29. The van der Waals surface area contributed by atoms with Gasteiger partial charge in [-0.2, -0.15) is 0 Å². The van der Waals surface area contributed by atoms with Crippen molar-refractivity contribution in [1.82, 2.24) is 0 Å². The summed E-state index contributed by atoms with van der Waals surface area (Å²) in [6.45, 7) is 1.75. The van der Waals surface area contributed by atoms with Crippen LogP contribution in [0.5, 0.6) is 11.5 Å². The molecule has 14 heavy (non-hydrogen) atoms. The third-order valence-electron chi connectivity index (χ3n) is 2.06. The maximum absolute atomic E-state index is 13.4. The first kappa shape index (κ1) is 9.27. The van der Waals surface area contributed by atoms with Crippen LogP contribution < -0.4 is 9.47 Å². The first-order chi connectivity index (χ1) is 6.66. The summed E-state index contributed by atoms with van der Waals surface area (Å²) in [5.74, 6) is 0.606. The molecule has 0 fully saturated rings. The zero-order valence-electron chi connectivity index (χ0n) is 7.79. The van der Waals surface area contributed by atoms with Crippen molar-refractivity contribution in [2.24, 2.45) is 0 Å². The van der Waals surface area contributed by atoms with Crippen LogP contribution in [0, 0.1) is 5.82 Å². The first-order valence-electron chi connectivity index (χ1n) is 4.43. The minimum Gasteiger partial charge on any atom is -0.454 e. The summed E-state index contributed by atoms with van der Waals surface area (Å²) >= 11 is 0. The smallest absolute Gasteiger partial charge is 0.231 e. The van der Waals surface area contributed by atoms with E-state index in [0.29, 0.717) is 17.1 Å². The fraction of sp³-hybridized carbons (Fsp3) is 0.400. The summed E-state index contributed by atoms with van der Waals surface area (Å²) in [6, 6.07) is 2.87. The van der Waals surface area contributed by atoms with Gasteiger partial charge in [-0.25, -0.2) is 4.39 Å². The molecule has 1 heterocycles. The molecule has 0 radical (unpaired) electrons. The number of hydrogen-bond donors (Lipinski definition) is 1. The molecule has 0 aromatic heterocycles. The highest BCUT2D eigenvalue weighted by Crippen LogP contribution is 2.34. The highest BCUT2D eigenvalue weighted by Gasteiger charge is 2.17. The van der Waals surface area contributed by atoms with Gasteiger partial charge in [-0.3, -0.25) is 0 Å². The summed E-state index contributed by atoms with van der Waals surface area (Å²) in [7, 11) is 0. The molecule has 0 saturated carbocycles. The van der Waals surface area contributed by atoms with E-state index in [1.165, 1.54) is 6.07 Å². The second-order valence-electron chi connectivity index (χ2n) is 3.35. The van der Waals surface area contributed by atoms with Gasteiger partial charge in [-0.1, -0.05) is 0 Å². The number of fused-ring (bicyclic) bond motifs is 1. The van der Waals surface area contributed by atoms with Gasteiger partial charge in [0.1, 0.15) is 5.82 Å². The molecule has 1 N–H and O–H groups in total. The highest BCUT2D eigenvalue weighted by atomic mass is 19.1. The Morgan fingerprint density at radius 3 is 2.71 bits per heavy atom. The van der Waals surface area contributed by atoms with E-state index in [4.69, 9.17) is 14.6 Å². The highest BCUT2D eigenvalue weighted by molar-refractivity contribution is 5.45. The lowest BCUT2D eigenvalue weighted by atomic mass is 10.1. The van der Waals surface area contributed by atoms with E-state index in [9.17, 15) is 4.39 Å². The van der Waals surface area contributed by atoms with Gasteiger partial charge in [0.2, 0.25) is 6.79 Å². The van der Waals surface area contributed by atoms with Crippen LogP contribution >= 0.6 is 0 Å². The van der Waals surface area contributed by atoms with Crippen LogP contribution in [-0.4, -0.2) is 18.0 Å². The number of benzene rings is 1. The summed E-state index contributed by atoms with van der Waals surface area (Å²) < 4.78 is 23.5. The van der Waals surface area contributed by atoms with Crippen molar-refractivity contribution >= 4 is 0 Å². The van der Waals surface area contributed by atoms with Crippen molar-refractivity contribution in [1.29, 1.82) is 0 Å². The molecule has 1 aliphatic rings. The Morgan fingerprint density at radius 1 is 1.43 bits per heavy atom. The minimum absolute atomic E-state index is 0.132. The Morgan fingerprint density at radius 2 is 2.07 bits per heavy atom. The molecule has 1 aliphatic heterocycles. The molecule has 1 unspecified atom stereocenters. The molecule has 76 valence electrons. The third-order valence-corrected chi connectivity index (χ3v) is 2.06. The van der Waals surface area contributed by atoms with E-state index in [0.717, 1.165) is 0 Å². The average Bonchev–Trinajstić information content (AvgIpc) is 2.51. The van der Waals surface area contributed by atoms with Crippen LogP contribution in [-0.2, 0) is 6.42 Å². The summed E-state index contributed by atoms with van der Waals surface area (Å²) in [6.07, 6.45) is -0.285. The van der Waals surface area contributed by atoms with Gasteiger partial charge in [0.05, 0.1) is 6.10 Å². The van der Waals surface area contributed by atoms with Crippen molar-refractivity contribution in [2.75, 3.05) is 6.79 Å². The first-order valence-corrected chi connectivity index (χ1v) is 4.43. The standard InChI is InChI=1S/C10H11FO3/c1-6(12)2-7-3-9-10(4-8(7)11)14-5-13-9/h3-4,6,12H,2,5H2,1H3. The normalized spacial score (nSPS) is 15.6. The lowest BCUT2D eigenvalue weighted by Gasteiger charge is -2.06. The van der Waals surface area contributed by atoms with Crippen LogP contribution in [0.3, 0.4) is 0 Å². The fourth-order valence-electron chi connectivity index (χ4n) is 1.43. The zero-order valence-corrected chi connectivity index (χ0v) is 7.79. The fourth-order valence-corrected chi connectivity index (χ4v) is 1.43. The molecular formula is C10H11FO3. The number of aliphatic hydroxyl groups excluding tert-OH is 1. The third kappa shape index (κ3) is 1.65. The van der Waals surface area contributed by atoms with Gasteiger partial charge in [-0.05, 0) is 18.6 Å². The topological polar surface area (TPSA) is 38.7 Å². The molecule has 3 nitrogen and oxygen atoms in total. The molecule has 4 heteroatoms. The Labute approximate surface area is 81.1 Å². The van der Waals surface area contributed by atoms with Crippen LogP contribution in [0.15, 0.2) is 12.1 Å². The summed E-state index contributed by atoms with van der Waals surface area (Å²) in [5, 5.41) is 9.14. The predicted molar refractivity (Wildman–Crippen MR) is 47.9 cm³/mol. The molecule has 0 spiro atoms. The van der Waals surface area contributed by atoms with Gasteiger partial charge in [0, 0.05) is 12.5 Å². The van der Waals surface area contributed by atoms with Crippen molar-refractivity contribution in [3.8, 4) is 11.5 Å². The molecular weight excluding hydrogens is 187 g/mol. The molecule has 0 aliphatic carbocycles. The van der Waals surface area contributed by atoms with E-state index < -0.39 is 6.10 Å². The van der Waals surface area contributed by atoms with Gasteiger partial charge in [-0.15, -0.1) is 0 Å². The van der Waals surface area contributed by atoms with Crippen molar-refractivity contribution in [2.45, 2.75) is 19.4 Å². The van der Waals surface area contributed by atoms with Gasteiger partial charge >= 0.3 is 0 Å². The van der Waals surface area contributed by atoms with E-state index in [1.807, 2.05) is 0 Å². The minimum atomic E-state index is -0.565. The molecule has 0 amide bonds. The zero-order chi connectivity index (χ0) is 10.1. The second kappa shape index (κ2) is 3.46. The summed E-state index contributed by atoms with van der Waals surface area (Å²) in [5.41, 5.74) is 0.448. The predicted octanol–water partition coefficient (Wildman–Crippen LogP) is 1.48. The van der Waals surface area contributed by atoms with Gasteiger partial charge in [0.15, 0.2) is 11.5 Å². The number of halogens is 1. The van der Waals surface area contributed by atoms with Crippen LogP contribution in [0.1, 0.15) is 12.5 Å². The Balaban J connectivity index is 2.32. The molecule has 0 bridgehead atoms. The van der Waals surface area contributed by atoms with Crippen LogP contribution in [0.25, 0.3) is 0 Å². The quantitative estimate of drug-likeness (QED) is 0.782. The van der Waals surface area contributed by atoms with Crippen molar-refractivity contribution in [3.05, 3.63) is 23.5 Å². The van der Waals surface area contributed by atoms with Gasteiger partial charge in [0.25, 0.3) is 0 Å². The molecule has 1 aromatic rings. The number of rotatable bonds is 2. The van der Waals surface area contributed by atoms with E-state index >= 15 is 0 Å². The average molecular weight is 198 g/mol. The monoisotopic (exact) mass is 198 g/mol. The Bertz CT molecular complexity index is 349. The van der Waals surface area contributed by atoms with Gasteiger partial charge < -0.3 is 14.6 Å². The number of aliphatic hydroxyl groups is 1. The molecule has 1 atom stereocenters. The van der Waals surface area contributed by atoms with Crippen LogP contribution in [0.4, 0.5) is 4.39 Å². The maximum atomic E-state index is 13.4. The lowest BCUT2D eigenvalue weighted by Crippen LogP contribution is -2.05. The van der Waals surface area contributed by atoms with E-state index in [2.05, 4.69) is 0 Å². The van der Waals surface area contributed by atoms with Crippen molar-refractivity contribution in [3.63, 3.8) is 0 Å². The van der Waals surface area contributed by atoms with Crippen LogP contribution in [0.2, 0.25) is 0 Å². The Hall–Kier alpha value is -1.29.